The number of benzene rings is 3. The maximum atomic E-state index is 13.2. The summed E-state index contributed by atoms with van der Waals surface area (Å²) in [6.45, 7) is 6.52. The largest absolute Gasteiger partial charge is 0.322 e. The Labute approximate surface area is 221 Å². The SMILES string of the molecule is CC(C)(C)c1ccc(NC(=O)c2ccccc2Sc2ccc3c(/C=C/c4ccccn4)n[nH]c3c2)cc1. The van der Waals surface area contributed by atoms with Gasteiger partial charge in [-0.1, -0.05) is 62.9 Å². The first-order chi connectivity index (χ1) is 17.9. The Morgan fingerprint density at radius 3 is 2.46 bits per heavy atom. The molecule has 2 heterocycles. The molecule has 0 spiro atoms. The van der Waals surface area contributed by atoms with Crippen molar-refractivity contribution in [2.24, 2.45) is 0 Å². The Bertz CT molecular complexity index is 1560. The molecule has 0 aliphatic rings. The number of H-pyrrole nitrogens is 1. The Morgan fingerprint density at radius 2 is 1.70 bits per heavy atom. The Balaban J connectivity index is 1.33. The summed E-state index contributed by atoms with van der Waals surface area (Å²) in [6, 6.07) is 27.7. The molecule has 3 aromatic carbocycles. The smallest absolute Gasteiger partial charge is 0.256 e. The lowest BCUT2D eigenvalue weighted by atomic mass is 9.87. The number of aromatic amines is 1. The minimum Gasteiger partial charge on any atom is -0.322 e. The van der Waals surface area contributed by atoms with Gasteiger partial charge in [-0.15, -0.1) is 0 Å². The summed E-state index contributed by atoms with van der Waals surface area (Å²) < 4.78 is 0. The standard InChI is InChI=1S/C31H28N4OS/c1-31(2,3)21-11-13-23(14-12-21)33-30(36)26-9-4-5-10-29(26)37-24-16-17-25-27(34-35-28(25)20-24)18-15-22-8-6-7-19-32-22/h4-20H,1-3H3,(H,33,36)(H,34,35)/b18-15+. The van der Waals surface area contributed by atoms with Crippen LogP contribution in [-0.4, -0.2) is 21.1 Å². The molecular formula is C31H28N4OS. The summed E-state index contributed by atoms with van der Waals surface area (Å²) in [5.74, 6) is -0.129. The van der Waals surface area contributed by atoms with E-state index in [4.69, 9.17) is 0 Å². The minimum atomic E-state index is -0.129. The van der Waals surface area contributed by atoms with Gasteiger partial charge in [0.15, 0.2) is 0 Å². The number of fused-ring (bicyclic) bond motifs is 1. The highest BCUT2D eigenvalue weighted by molar-refractivity contribution is 7.99. The fourth-order valence-electron chi connectivity index (χ4n) is 3.97. The fraction of sp³-hybridized carbons (Fsp3) is 0.129. The van der Waals surface area contributed by atoms with Crippen LogP contribution in [-0.2, 0) is 5.41 Å². The molecule has 0 saturated carbocycles. The van der Waals surface area contributed by atoms with Crippen molar-refractivity contribution in [2.75, 3.05) is 5.32 Å². The van der Waals surface area contributed by atoms with Crippen LogP contribution in [0.3, 0.4) is 0 Å². The molecule has 0 radical (unpaired) electrons. The normalized spacial score (nSPS) is 11.8. The van der Waals surface area contributed by atoms with Crippen molar-refractivity contribution in [3.05, 3.63) is 114 Å². The van der Waals surface area contributed by atoms with E-state index in [1.54, 1.807) is 18.0 Å². The third-order valence-corrected chi connectivity index (χ3v) is 7.10. The van der Waals surface area contributed by atoms with E-state index in [0.717, 1.165) is 37.8 Å². The van der Waals surface area contributed by atoms with Crippen molar-refractivity contribution in [1.29, 1.82) is 0 Å². The predicted octanol–water partition coefficient (Wildman–Crippen LogP) is 7.83. The highest BCUT2D eigenvalue weighted by atomic mass is 32.2. The second kappa shape index (κ2) is 10.4. The summed E-state index contributed by atoms with van der Waals surface area (Å²) >= 11 is 1.56. The molecule has 0 bridgehead atoms. The van der Waals surface area contributed by atoms with Crippen molar-refractivity contribution in [2.45, 2.75) is 36.0 Å². The lowest BCUT2D eigenvalue weighted by Crippen LogP contribution is -2.14. The molecule has 0 saturated heterocycles. The number of nitrogens with zero attached hydrogens (tertiary/aromatic N) is 2. The molecular weight excluding hydrogens is 476 g/mol. The maximum absolute atomic E-state index is 13.2. The van der Waals surface area contributed by atoms with Crippen LogP contribution in [0.5, 0.6) is 0 Å². The second-order valence-corrected chi connectivity index (χ2v) is 10.9. The van der Waals surface area contributed by atoms with Gasteiger partial charge < -0.3 is 5.32 Å². The number of pyridine rings is 1. The maximum Gasteiger partial charge on any atom is 0.256 e. The van der Waals surface area contributed by atoms with Gasteiger partial charge in [0, 0.05) is 27.1 Å². The summed E-state index contributed by atoms with van der Waals surface area (Å²) in [5.41, 5.74) is 5.38. The summed E-state index contributed by atoms with van der Waals surface area (Å²) in [6.07, 6.45) is 5.68. The molecule has 0 aliphatic heterocycles. The van der Waals surface area contributed by atoms with Crippen LogP contribution in [0, 0.1) is 0 Å². The van der Waals surface area contributed by atoms with E-state index in [-0.39, 0.29) is 11.3 Å². The van der Waals surface area contributed by atoms with Gasteiger partial charge in [0.05, 0.1) is 22.5 Å². The van der Waals surface area contributed by atoms with E-state index < -0.39 is 0 Å². The van der Waals surface area contributed by atoms with Gasteiger partial charge in [0.25, 0.3) is 5.91 Å². The van der Waals surface area contributed by atoms with Crippen LogP contribution in [0.25, 0.3) is 23.1 Å². The van der Waals surface area contributed by atoms with Gasteiger partial charge in [-0.05, 0) is 77.7 Å². The van der Waals surface area contributed by atoms with Crippen LogP contribution in [0.2, 0.25) is 0 Å². The van der Waals surface area contributed by atoms with E-state index in [9.17, 15) is 4.79 Å². The molecule has 6 heteroatoms. The monoisotopic (exact) mass is 504 g/mol. The zero-order valence-electron chi connectivity index (χ0n) is 21.0. The van der Waals surface area contributed by atoms with Gasteiger partial charge in [-0.2, -0.15) is 5.10 Å². The lowest BCUT2D eigenvalue weighted by Gasteiger charge is -2.19. The first-order valence-electron chi connectivity index (χ1n) is 12.1. The summed E-state index contributed by atoms with van der Waals surface area (Å²) in [4.78, 5) is 19.4. The van der Waals surface area contributed by atoms with Crippen molar-refractivity contribution in [3.8, 4) is 0 Å². The van der Waals surface area contributed by atoms with Crippen molar-refractivity contribution >= 4 is 46.4 Å². The molecule has 184 valence electrons. The number of amides is 1. The predicted molar refractivity (Wildman–Crippen MR) is 153 cm³/mol. The van der Waals surface area contributed by atoms with E-state index in [0.29, 0.717) is 5.56 Å². The van der Waals surface area contributed by atoms with Crippen LogP contribution in [0.15, 0.2) is 101 Å². The molecule has 1 amide bonds. The van der Waals surface area contributed by atoms with E-state index in [1.807, 2.05) is 66.7 Å². The molecule has 2 N–H and O–H groups in total. The number of anilines is 1. The molecule has 0 aliphatic carbocycles. The van der Waals surface area contributed by atoms with E-state index in [1.165, 1.54) is 5.56 Å². The fourth-order valence-corrected chi connectivity index (χ4v) is 4.96. The molecule has 0 atom stereocenters. The van der Waals surface area contributed by atoms with Crippen LogP contribution < -0.4 is 5.32 Å². The van der Waals surface area contributed by atoms with Gasteiger partial charge >= 0.3 is 0 Å². The Hall–Kier alpha value is -4.16. The zero-order chi connectivity index (χ0) is 25.8. The molecule has 0 unspecified atom stereocenters. The van der Waals surface area contributed by atoms with Crippen molar-refractivity contribution < 1.29 is 4.79 Å². The number of hydrogen-bond donors (Lipinski definition) is 2. The minimum absolute atomic E-state index is 0.0672. The van der Waals surface area contributed by atoms with Crippen molar-refractivity contribution in [3.63, 3.8) is 0 Å². The molecule has 2 aromatic heterocycles. The van der Waals surface area contributed by atoms with Crippen LogP contribution >= 0.6 is 11.8 Å². The average molecular weight is 505 g/mol. The van der Waals surface area contributed by atoms with E-state index >= 15 is 0 Å². The first-order valence-corrected chi connectivity index (χ1v) is 12.9. The molecule has 0 fully saturated rings. The number of carbonyl (C=O) groups excluding carboxylic acids is 1. The van der Waals surface area contributed by atoms with E-state index in [2.05, 4.69) is 71.6 Å². The number of carbonyl (C=O) groups is 1. The molecule has 37 heavy (non-hydrogen) atoms. The van der Waals surface area contributed by atoms with Crippen LogP contribution in [0.4, 0.5) is 5.69 Å². The Kier molecular flexibility index (Phi) is 6.93. The molecule has 5 nitrogen and oxygen atoms in total. The third kappa shape index (κ3) is 5.81. The quantitative estimate of drug-likeness (QED) is 0.247. The van der Waals surface area contributed by atoms with Gasteiger partial charge in [-0.25, -0.2) is 0 Å². The van der Waals surface area contributed by atoms with Crippen LogP contribution in [0.1, 0.15) is 48.1 Å². The zero-order valence-corrected chi connectivity index (χ0v) is 21.8. The topological polar surface area (TPSA) is 70.7 Å². The summed E-state index contributed by atoms with van der Waals surface area (Å²) in [5, 5.41) is 11.7. The second-order valence-electron chi connectivity index (χ2n) is 9.78. The highest BCUT2D eigenvalue weighted by Crippen LogP contribution is 2.33. The lowest BCUT2D eigenvalue weighted by molar-refractivity contribution is 0.102. The third-order valence-electron chi connectivity index (χ3n) is 6.03. The number of rotatable bonds is 6. The number of nitrogens with one attached hydrogen (secondary N) is 2. The number of aromatic nitrogens is 3. The van der Waals surface area contributed by atoms with Gasteiger partial charge in [0.2, 0.25) is 0 Å². The Morgan fingerprint density at radius 1 is 0.919 bits per heavy atom. The highest BCUT2D eigenvalue weighted by Gasteiger charge is 2.15. The van der Waals surface area contributed by atoms with Gasteiger partial charge in [0.1, 0.15) is 0 Å². The molecule has 5 rings (SSSR count). The van der Waals surface area contributed by atoms with Crippen molar-refractivity contribution in [1.82, 2.24) is 15.2 Å². The average Bonchev–Trinajstić information content (AvgIpc) is 3.30. The first kappa shape index (κ1) is 24.5. The summed E-state index contributed by atoms with van der Waals surface area (Å²) in [7, 11) is 0. The number of hydrogen-bond acceptors (Lipinski definition) is 4. The molecule has 5 aromatic rings. The van der Waals surface area contributed by atoms with Gasteiger partial charge in [-0.3, -0.25) is 14.9 Å².